The average Bonchev–Trinajstić information content (AvgIpc) is 2.83. The van der Waals surface area contributed by atoms with Crippen molar-refractivity contribution < 1.29 is 9.53 Å². The highest BCUT2D eigenvalue weighted by molar-refractivity contribution is 8.00. The zero-order valence-corrected chi connectivity index (χ0v) is 13.2. The van der Waals surface area contributed by atoms with Gasteiger partial charge in [0, 0.05) is 23.5 Å². The summed E-state index contributed by atoms with van der Waals surface area (Å²) in [6.07, 6.45) is 1.59. The SMILES string of the molecule is COc1ccccc1[C@H](C)CC(=O)N[C@H]1CS[C@H](C)C1. The Morgan fingerprint density at radius 1 is 1.50 bits per heavy atom. The molecule has 0 radical (unpaired) electrons. The van der Waals surface area contributed by atoms with Crippen LogP contribution >= 0.6 is 11.8 Å². The molecule has 1 aromatic rings. The van der Waals surface area contributed by atoms with Crippen molar-refractivity contribution in [1.29, 1.82) is 0 Å². The zero-order valence-electron chi connectivity index (χ0n) is 12.4. The fraction of sp³-hybridized carbons (Fsp3) is 0.562. The van der Waals surface area contributed by atoms with E-state index in [0.717, 1.165) is 23.5 Å². The molecule has 1 aliphatic rings. The first-order chi connectivity index (χ1) is 9.60. The average molecular weight is 293 g/mol. The van der Waals surface area contributed by atoms with E-state index in [9.17, 15) is 4.79 Å². The number of para-hydroxylation sites is 1. The molecule has 1 heterocycles. The molecule has 3 nitrogen and oxygen atoms in total. The maximum absolute atomic E-state index is 12.1. The quantitative estimate of drug-likeness (QED) is 0.906. The van der Waals surface area contributed by atoms with Crippen molar-refractivity contribution in [3.05, 3.63) is 29.8 Å². The summed E-state index contributed by atoms with van der Waals surface area (Å²) in [5.41, 5.74) is 1.10. The van der Waals surface area contributed by atoms with E-state index < -0.39 is 0 Å². The van der Waals surface area contributed by atoms with Gasteiger partial charge in [-0.25, -0.2) is 0 Å². The molecule has 0 aliphatic carbocycles. The summed E-state index contributed by atoms with van der Waals surface area (Å²) in [7, 11) is 1.67. The number of benzene rings is 1. The maximum atomic E-state index is 12.1. The summed E-state index contributed by atoms with van der Waals surface area (Å²) in [5, 5.41) is 3.81. The van der Waals surface area contributed by atoms with Crippen molar-refractivity contribution >= 4 is 17.7 Å². The molecule has 0 saturated carbocycles. The molecular formula is C16H23NO2S. The topological polar surface area (TPSA) is 38.3 Å². The van der Waals surface area contributed by atoms with Crippen LogP contribution in [0.1, 0.15) is 38.2 Å². The smallest absolute Gasteiger partial charge is 0.220 e. The number of hydrogen-bond acceptors (Lipinski definition) is 3. The fourth-order valence-corrected chi connectivity index (χ4v) is 3.81. The molecule has 3 atom stereocenters. The fourth-order valence-electron chi connectivity index (χ4n) is 2.67. The molecule has 2 rings (SSSR count). The van der Waals surface area contributed by atoms with E-state index in [1.165, 1.54) is 0 Å². The molecule has 0 spiro atoms. The Hall–Kier alpha value is -1.16. The van der Waals surface area contributed by atoms with Crippen molar-refractivity contribution in [2.75, 3.05) is 12.9 Å². The van der Waals surface area contributed by atoms with Crippen LogP contribution in [0.2, 0.25) is 0 Å². The predicted octanol–water partition coefficient (Wildman–Crippen LogP) is 3.20. The summed E-state index contributed by atoms with van der Waals surface area (Å²) in [6.45, 7) is 4.29. The van der Waals surface area contributed by atoms with Gasteiger partial charge in [-0.05, 0) is 24.0 Å². The van der Waals surface area contributed by atoms with Gasteiger partial charge >= 0.3 is 0 Å². The van der Waals surface area contributed by atoms with E-state index in [1.807, 2.05) is 36.0 Å². The molecule has 0 aromatic heterocycles. The predicted molar refractivity (Wildman–Crippen MR) is 84.5 cm³/mol. The first-order valence-electron chi connectivity index (χ1n) is 7.14. The van der Waals surface area contributed by atoms with Crippen molar-refractivity contribution in [2.45, 2.75) is 43.9 Å². The summed E-state index contributed by atoms with van der Waals surface area (Å²) in [6, 6.07) is 8.25. The molecule has 1 N–H and O–H groups in total. The van der Waals surface area contributed by atoms with Crippen molar-refractivity contribution in [3.8, 4) is 5.75 Å². The van der Waals surface area contributed by atoms with Crippen LogP contribution in [0.5, 0.6) is 5.75 Å². The number of amides is 1. The number of ether oxygens (including phenoxy) is 1. The highest BCUT2D eigenvalue weighted by Crippen LogP contribution is 2.29. The number of methoxy groups -OCH3 is 1. The number of nitrogens with one attached hydrogen (secondary N) is 1. The Morgan fingerprint density at radius 3 is 2.90 bits per heavy atom. The lowest BCUT2D eigenvalue weighted by Crippen LogP contribution is -2.35. The number of hydrogen-bond donors (Lipinski definition) is 1. The van der Waals surface area contributed by atoms with Gasteiger partial charge in [0.1, 0.15) is 5.75 Å². The van der Waals surface area contributed by atoms with Crippen LogP contribution in [0.25, 0.3) is 0 Å². The van der Waals surface area contributed by atoms with Crippen molar-refractivity contribution in [1.82, 2.24) is 5.32 Å². The Balaban J connectivity index is 1.90. The van der Waals surface area contributed by atoms with E-state index in [4.69, 9.17) is 4.74 Å². The van der Waals surface area contributed by atoms with Gasteiger partial charge in [-0.15, -0.1) is 0 Å². The largest absolute Gasteiger partial charge is 0.496 e. The van der Waals surface area contributed by atoms with E-state index in [-0.39, 0.29) is 11.8 Å². The third-order valence-corrected chi connectivity index (χ3v) is 5.08. The van der Waals surface area contributed by atoms with Crippen LogP contribution in [0.3, 0.4) is 0 Å². The van der Waals surface area contributed by atoms with Gasteiger partial charge < -0.3 is 10.1 Å². The number of carbonyl (C=O) groups excluding carboxylic acids is 1. The second kappa shape index (κ2) is 7.02. The lowest BCUT2D eigenvalue weighted by molar-refractivity contribution is -0.121. The molecule has 0 bridgehead atoms. The normalized spacial score (nSPS) is 23.4. The summed E-state index contributed by atoms with van der Waals surface area (Å²) >= 11 is 1.93. The van der Waals surface area contributed by atoms with Gasteiger partial charge in [-0.2, -0.15) is 11.8 Å². The van der Waals surface area contributed by atoms with E-state index in [0.29, 0.717) is 17.7 Å². The van der Waals surface area contributed by atoms with E-state index in [2.05, 4.69) is 19.2 Å². The standard InChI is InChI=1S/C16H23NO2S/c1-11(14-6-4-5-7-15(14)19-3)8-16(18)17-13-9-12(2)20-10-13/h4-7,11-13H,8-10H2,1-3H3,(H,17,18)/t11-,12-,13-/m1/s1. The summed E-state index contributed by atoms with van der Waals surface area (Å²) in [5.74, 6) is 2.20. The molecule has 1 aromatic carbocycles. The third-order valence-electron chi connectivity index (χ3n) is 3.72. The first-order valence-corrected chi connectivity index (χ1v) is 8.19. The molecule has 0 unspecified atom stereocenters. The van der Waals surface area contributed by atoms with Gasteiger partial charge in [0.2, 0.25) is 5.91 Å². The van der Waals surface area contributed by atoms with Crippen molar-refractivity contribution in [2.24, 2.45) is 0 Å². The van der Waals surface area contributed by atoms with Crippen molar-refractivity contribution in [3.63, 3.8) is 0 Å². The number of carbonyl (C=O) groups is 1. The number of rotatable bonds is 5. The highest BCUT2D eigenvalue weighted by Gasteiger charge is 2.24. The minimum atomic E-state index is 0.142. The van der Waals surface area contributed by atoms with Gasteiger partial charge in [0.15, 0.2) is 0 Å². The Bertz CT molecular complexity index is 464. The van der Waals surface area contributed by atoms with Gasteiger partial charge in [0.05, 0.1) is 7.11 Å². The van der Waals surface area contributed by atoms with E-state index >= 15 is 0 Å². The summed E-state index contributed by atoms with van der Waals surface area (Å²) in [4.78, 5) is 12.1. The molecule has 1 fully saturated rings. The van der Waals surface area contributed by atoms with E-state index in [1.54, 1.807) is 7.11 Å². The molecule has 1 amide bonds. The Kier molecular flexibility index (Phi) is 5.35. The summed E-state index contributed by atoms with van der Waals surface area (Å²) < 4.78 is 5.36. The number of thioether (sulfide) groups is 1. The molecule has 110 valence electrons. The van der Waals surface area contributed by atoms with Crippen LogP contribution < -0.4 is 10.1 Å². The van der Waals surface area contributed by atoms with Crippen LogP contribution in [0.15, 0.2) is 24.3 Å². The molecule has 4 heteroatoms. The van der Waals surface area contributed by atoms with Gasteiger partial charge in [-0.1, -0.05) is 32.0 Å². The van der Waals surface area contributed by atoms with Gasteiger partial charge in [0.25, 0.3) is 0 Å². The lowest BCUT2D eigenvalue weighted by atomic mass is 9.96. The Morgan fingerprint density at radius 2 is 2.25 bits per heavy atom. The second-order valence-electron chi connectivity index (χ2n) is 5.49. The van der Waals surface area contributed by atoms with Crippen LogP contribution in [0.4, 0.5) is 0 Å². The first kappa shape index (κ1) is 15.2. The minimum absolute atomic E-state index is 0.142. The molecular weight excluding hydrogens is 270 g/mol. The monoisotopic (exact) mass is 293 g/mol. The lowest BCUT2D eigenvalue weighted by Gasteiger charge is -2.17. The molecule has 1 saturated heterocycles. The highest BCUT2D eigenvalue weighted by atomic mass is 32.2. The zero-order chi connectivity index (χ0) is 14.5. The van der Waals surface area contributed by atoms with Gasteiger partial charge in [-0.3, -0.25) is 4.79 Å². The van der Waals surface area contributed by atoms with Crippen LogP contribution in [-0.2, 0) is 4.79 Å². The van der Waals surface area contributed by atoms with Crippen LogP contribution in [-0.4, -0.2) is 30.1 Å². The second-order valence-corrected chi connectivity index (χ2v) is 6.96. The third kappa shape index (κ3) is 3.92. The Labute approximate surface area is 125 Å². The minimum Gasteiger partial charge on any atom is -0.496 e. The molecule has 20 heavy (non-hydrogen) atoms. The maximum Gasteiger partial charge on any atom is 0.220 e. The molecule has 1 aliphatic heterocycles. The van der Waals surface area contributed by atoms with Crippen LogP contribution in [0, 0.1) is 0 Å².